The monoisotopic (exact) mass is 630 g/mol. The number of anilines is 1. The van der Waals surface area contributed by atoms with Gasteiger partial charge in [0.15, 0.2) is 0 Å². The third-order valence-corrected chi connectivity index (χ3v) is 8.05. The summed E-state index contributed by atoms with van der Waals surface area (Å²) in [5.41, 5.74) is 6.68. The second kappa shape index (κ2) is 15.7. The highest BCUT2D eigenvalue weighted by molar-refractivity contribution is 7.85. The first-order valence-electron chi connectivity index (χ1n) is 14.1. The maximum absolute atomic E-state index is 11.2. The molecule has 0 saturated carbocycles. The van der Waals surface area contributed by atoms with E-state index in [0.29, 0.717) is 0 Å². The van der Waals surface area contributed by atoms with E-state index in [0.717, 1.165) is 39.1 Å². The summed E-state index contributed by atoms with van der Waals surface area (Å²) in [6, 6.07) is 29.8. The molecule has 0 spiro atoms. The molecule has 4 rings (SSSR count). The molecule has 0 saturated heterocycles. The molecule has 9 nitrogen and oxygen atoms in total. The van der Waals surface area contributed by atoms with Gasteiger partial charge in [-0.1, -0.05) is 97.1 Å². The zero-order valence-corrected chi connectivity index (χ0v) is 25.2. The maximum atomic E-state index is 11.2. The topological polar surface area (TPSA) is 157 Å². The van der Waals surface area contributed by atoms with Crippen molar-refractivity contribution in [2.75, 3.05) is 18.5 Å². The molecule has 0 aliphatic rings. The number of aliphatic hydroxyl groups excluding tert-OH is 4. The van der Waals surface area contributed by atoms with Crippen molar-refractivity contribution in [3.8, 4) is 11.1 Å². The summed E-state index contributed by atoms with van der Waals surface area (Å²) in [5.74, 6) is 0. The summed E-state index contributed by atoms with van der Waals surface area (Å²) in [6.45, 7) is -0.634. The third-order valence-electron chi connectivity index (χ3n) is 7.18. The van der Waals surface area contributed by atoms with Gasteiger partial charge >= 0.3 is 0 Å². The number of hydrogen-bond donors (Lipinski definition) is 6. The van der Waals surface area contributed by atoms with Crippen molar-refractivity contribution < 1.29 is 38.1 Å². The van der Waals surface area contributed by atoms with E-state index >= 15 is 0 Å². The summed E-state index contributed by atoms with van der Waals surface area (Å²) >= 11 is 0. The zero-order chi connectivity index (χ0) is 32.4. The Balaban J connectivity index is 1.29. The minimum atomic E-state index is -4.21. The van der Waals surface area contributed by atoms with Gasteiger partial charge in [-0.15, -0.1) is 0 Å². The zero-order valence-electron chi connectivity index (χ0n) is 24.3. The first-order valence-corrected chi connectivity index (χ1v) is 15.6. The lowest BCUT2D eigenvalue weighted by Gasteiger charge is -2.28. The molecular formula is C35H36NO8S. The van der Waals surface area contributed by atoms with E-state index in [1.165, 1.54) is 12.1 Å². The first-order chi connectivity index (χ1) is 21.6. The van der Waals surface area contributed by atoms with Gasteiger partial charge in [0, 0.05) is 12.2 Å². The van der Waals surface area contributed by atoms with E-state index in [1.807, 2.05) is 85.0 Å². The van der Waals surface area contributed by atoms with Crippen molar-refractivity contribution in [2.45, 2.75) is 29.3 Å². The number of benzene rings is 4. The Bertz CT molecular complexity index is 1670. The van der Waals surface area contributed by atoms with Crippen LogP contribution in [0.2, 0.25) is 0 Å². The number of nitrogens with one attached hydrogen (secondary N) is 1. The minimum Gasteiger partial charge on any atom is -0.394 e. The van der Waals surface area contributed by atoms with Crippen molar-refractivity contribution in [2.24, 2.45) is 0 Å². The lowest BCUT2D eigenvalue weighted by Crippen LogP contribution is -2.48. The Morgan fingerprint density at radius 3 is 1.44 bits per heavy atom. The molecule has 0 fully saturated rings. The largest absolute Gasteiger partial charge is 0.394 e. The maximum Gasteiger partial charge on any atom is 0.294 e. The lowest BCUT2D eigenvalue weighted by molar-refractivity contribution is -0.117. The molecule has 0 aliphatic heterocycles. The Kier molecular flexibility index (Phi) is 11.8. The molecule has 6 N–H and O–H groups in total. The SMILES string of the molecule is [CH2]OC(C(O)CO)C(O)C(O)CNc1ccc(/C=C/c2ccc(-c3ccc(/C=C/c4ccc(S(=O)(=O)O)cc4)cc3)cc2)cc1. The van der Waals surface area contributed by atoms with Gasteiger partial charge in [0.05, 0.1) is 24.7 Å². The van der Waals surface area contributed by atoms with Gasteiger partial charge in [0.2, 0.25) is 0 Å². The minimum absolute atomic E-state index is 0.00347. The highest BCUT2D eigenvalue weighted by Gasteiger charge is 2.31. The van der Waals surface area contributed by atoms with Crippen LogP contribution >= 0.6 is 0 Å². The van der Waals surface area contributed by atoms with Crippen LogP contribution in [0.15, 0.2) is 102 Å². The Hall–Kier alpha value is -4.13. The third kappa shape index (κ3) is 9.68. The van der Waals surface area contributed by atoms with Crippen molar-refractivity contribution in [3.05, 3.63) is 126 Å². The standard InChI is InChI=1S/C35H36NO8S/c1-44-35(33(39)23-37)34(40)32(38)22-36-30-18-10-26(11-19-30)4-2-24-6-14-28(15-7-24)29-16-8-25(9-17-29)3-5-27-12-20-31(21-13-27)45(41,42)43/h2-21,32-40H,1,22-23H2,(H,41,42,43)/b4-2+,5-3+. The second-order valence-electron chi connectivity index (χ2n) is 10.4. The predicted molar refractivity (Wildman–Crippen MR) is 176 cm³/mol. The predicted octanol–water partition coefficient (Wildman–Crippen LogP) is 4.60. The van der Waals surface area contributed by atoms with E-state index in [2.05, 4.69) is 24.6 Å². The van der Waals surface area contributed by atoms with Gasteiger partial charge in [-0.25, -0.2) is 0 Å². The fraction of sp³-hybridized carbons (Fsp3) is 0.171. The second-order valence-corrected chi connectivity index (χ2v) is 11.8. The molecule has 45 heavy (non-hydrogen) atoms. The van der Waals surface area contributed by atoms with Crippen molar-refractivity contribution in [3.63, 3.8) is 0 Å². The quantitative estimate of drug-likeness (QED) is 0.0866. The van der Waals surface area contributed by atoms with Gasteiger partial charge in [0.25, 0.3) is 10.1 Å². The van der Waals surface area contributed by atoms with Gasteiger partial charge < -0.3 is 30.5 Å². The van der Waals surface area contributed by atoms with Gasteiger partial charge in [-0.3, -0.25) is 4.55 Å². The Morgan fingerprint density at radius 1 is 0.667 bits per heavy atom. The highest BCUT2D eigenvalue weighted by atomic mass is 32.2. The van der Waals surface area contributed by atoms with Crippen LogP contribution in [0.3, 0.4) is 0 Å². The fourth-order valence-corrected chi connectivity index (χ4v) is 5.00. The highest BCUT2D eigenvalue weighted by Crippen LogP contribution is 2.23. The number of aliphatic hydroxyl groups is 4. The average molecular weight is 631 g/mol. The molecular weight excluding hydrogens is 594 g/mol. The average Bonchev–Trinajstić information content (AvgIpc) is 3.06. The molecule has 4 atom stereocenters. The summed E-state index contributed by atoms with van der Waals surface area (Å²) in [5, 5.41) is 42.2. The number of rotatable bonds is 14. The van der Waals surface area contributed by atoms with Crippen LogP contribution in [-0.2, 0) is 14.9 Å². The molecule has 0 aromatic heterocycles. The van der Waals surface area contributed by atoms with Gasteiger partial charge in [0.1, 0.15) is 18.3 Å². The van der Waals surface area contributed by atoms with Gasteiger partial charge in [-0.05, 0) is 57.6 Å². The van der Waals surface area contributed by atoms with E-state index < -0.39 is 41.1 Å². The molecule has 4 aromatic carbocycles. The Morgan fingerprint density at radius 2 is 1.07 bits per heavy atom. The van der Waals surface area contributed by atoms with Crippen LogP contribution in [0.25, 0.3) is 35.4 Å². The summed E-state index contributed by atoms with van der Waals surface area (Å²) < 4.78 is 36.2. The molecule has 0 amide bonds. The Labute approximate surface area is 263 Å². The molecule has 0 heterocycles. The first kappa shape index (κ1) is 33.8. The molecule has 4 aromatic rings. The number of hydrogen-bond acceptors (Lipinski definition) is 8. The molecule has 1 radical (unpaired) electrons. The molecule has 235 valence electrons. The summed E-state index contributed by atoms with van der Waals surface area (Å²) in [6.07, 6.45) is 2.50. The van der Waals surface area contributed by atoms with Crippen molar-refractivity contribution in [1.29, 1.82) is 0 Å². The van der Waals surface area contributed by atoms with Crippen molar-refractivity contribution in [1.82, 2.24) is 0 Å². The van der Waals surface area contributed by atoms with Crippen LogP contribution in [-0.4, -0.2) is 71.0 Å². The van der Waals surface area contributed by atoms with E-state index in [9.17, 15) is 23.7 Å². The molecule has 4 unspecified atom stereocenters. The fourth-order valence-electron chi connectivity index (χ4n) is 4.52. The van der Waals surface area contributed by atoms with E-state index in [-0.39, 0.29) is 11.4 Å². The van der Waals surface area contributed by atoms with Gasteiger partial charge in [-0.2, -0.15) is 8.42 Å². The van der Waals surface area contributed by atoms with E-state index in [1.54, 1.807) is 12.1 Å². The van der Waals surface area contributed by atoms with Crippen LogP contribution in [0.4, 0.5) is 5.69 Å². The molecule has 0 bridgehead atoms. The lowest BCUT2D eigenvalue weighted by atomic mass is 10.0. The molecule has 10 heteroatoms. The normalized spacial score (nSPS) is 14.8. The van der Waals surface area contributed by atoms with Crippen molar-refractivity contribution >= 4 is 40.1 Å². The van der Waals surface area contributed by atoms with Crippen LogP contribution in [0.1, 0.15) is 22.3 Å². The van der Waals surface area contributed by atoms with Crippen LogP contribution in [0.5, 0.6) is 0 Å². The summed E-state index contributed by atoms with van der Waals surface area (Å²) in [7, 11) is -1.03. The van der Waals surface area contributed by atoms with Crippen LogP contribution < -0.4 is 5.32 Å². The van der Waals surface area contributed by atoms with Crippen LogP contribution in [0, 0.1) is 7.11 Å². The smallest absolute Gasteiger partial charge is 0.294 e. The summed E-state index contributed by atoms with van der Waals surface area (Å²) in [4.78, 5) is -0.139. The number of ether oxygens (including phenoxy) is 1. The van der Waals surface area contributed by atoms with E-state index in [4.69, 9.17) is 14.4 Å². The molecule has 0 aliphatic carbocycles.